The number of methoxy groups -OCH3 is 2. The van der Waals surface area contributed by atoms with Gasteiger partial charge in [0.1, 0.15) is 11.5 Å². The van der Waals surface area contributed by atoms with Crippen LogP contribution in [0.2, 0.25) is 0 Å². The maximum atomic E-state index is 8.72. The van der Waals surface area contributed by atoms with Crippen LogP contribution in [0.1, 0.15) is 29.5 Å². The van der Waals surface area contributed by atoms with Crippen LogP contribution in [-0.4, -0.2) is 70.5 Å². The molecule has 0 aliphatic heterocycles. The Balaban J connectivity index is 1.66. The zero-order valence-corrected chi connectivity index (χ0v) is 24.5. The lowest BCUT2D eigenvalue weighted by Crippen LogP contribution is -2.35. The lowest BCUT2D eigenvalue weighted by Gasteiger charge is -2.37. The van der Waals surface area contributed by atoms with E-state index in [0.29, 0.717) is 33.0 Å². The minimum absolute atomic E-state index is 0.0844. The zero-order chi connectivity index (χ0) is 27.6. The van der Waals surface area contributed by atoms with Crippen molar-refractivity contribution < 1.29 is 28.8 Å². The number of aliphatic hydroxyl groups excluding tert-OH is 1. The van der Waals surface area contributed by atoms with Gasteiger partial charge in [-0.25, -0.2) is 0 Å². The van der Waals surface area contributed by atoms with E-state index in [4.69, 9.17) is 28.8 Å². The Bertz CT molecular complexity index is 1020. The van der Waals surface area contributed by atoms with Crippen LogP contribution in [0, 0.1) is 0 Å². The van der Waals surface area contributed by atoms with Gasteiger partial charge in [-0.3, -0.25) is 0 Å². The van der Waals surface area contributed by atoms with Crippen LogP contribution in [0.25, 0.3) is 0 Å². The largest absolute Gasteiger partial charge is 0.496 e. The third kappa shape index (κ3) is 9.17. The van der Waals surface area contributed by atoms with Gasteiger partial charge in [0.2, 0.25) is 0 Å². The Morgan fingerprint density at radius 2 is 1.13 bits per heavy atom. The molecule has 0 bridgehead atoms. The number of hydrogen-bond acceptors (Lipinski definition) is 8. The molecule has 0 aliphatic rings. The fourth-order valence-corrected chi connectivity index (χ4v) is 6.44. The molecule has 0 saturated heterocycles. The number of hydrogen-bond donors (Lipinski definition) is 1. The number of benzene rings is 3. The van der Waals surface area contributed by atoms with Crippen molar-refractivity contribution in [1.29, 1.82) is 0 Å². The molecule has 0 atom stereocenters. The maximum Gasteiger partial charge on any atom is 0.150 e. The van der Waals surface area contributed by atoms with Gasteiger partial charge in [0.15, 0.2) is 5.60 Å². The molecule has 0 unspecified atom stereocenters. The summed E-state index contributed by atoms with van der Waals surface area (Å²) in [7, 11) is 7.07. The van der Waals surface area contributed by atoms with Gasteiger partial charge in [-0.1, -0.05) is 88.3 Å². The number of para-hydroxylation sites is 2. The first-order valence-corrected chi connectivity index (χ1v) is 15.7. The summed E-state index contributed by atoms with van der Waals surface area (Å²) in [6.07, 6.45) is 1.97. The normalized spacial score (nSPS) is 11.5. The molecule has 0 aromatic heterocycles. The van der Waals surface area contributed by atoms with E-state index in [1.165, 1.54) is 0 Å². The average molecular weight is 573 g/mol. The van der Waals surface area contributed by atoms with Gasteiger partial charge in [0.05, 0.1) is 40.6 Å². The molecule has 3 aromatic rings. The first-order chi connectivity index (χ1) is 19.3. The average Bonchev–Trinajstić information content (AvgIpc) is 3.00. The Kier molecular flexibility index (Phi) is 14.6. The van der Waals surface area contributed by atoms with Crippen molar-refractivity contribution in [2.45, 2.75) is 18.4 Å². The van der Waals surface area contributed by atoms with E-state index in [-0.39, 0.29) is 6.61 Å². The zero-order valence-electron chi connectivity index (χ0n) is 22.9. The summed E-state index contributed by atoms with van der Waals surface area (Å²) in [5.41, 5.74) is 1.82. The van der Waals surface area contributed by atoms with Crippen molar-refractivity contribution in [1.82, 2.24) is 0 Å². The van der Waals surface area contributed by atoms with Crippen molar-refractivity contribution in [2.24, 2.45) is 0 Å². The molecular formula is C31H40O6S2. The topological polar surface area (TPSA) is 66.4 Å². The van der Waals surface area contributed by atoms with E-state index in [9.17, 15) is 0 Å². The van der Waals surface area contributed by atoms with Crippen molar-refractivity contribution in [3.05, 3.63) is 95.6 Å². The van der Waals surface area contributed by atoms with Gasteiger partial charge < -0.3 is 28.8 Å². The summed E-state index contributed by atoms with van der Waals surface area (Å²) in [6, 6.07) is 26.1. The molecule has 0 saturated carbocycles. The second-order valence-corrected chi connectivity index (χ2v) is 11.3. The summed E-state index contributed by atoms with van der Waals surface area (Å²) in [5, 5.41) is 8.72. The summed E-state index contributed by atoms with van der Waals surface area (Å²) >= 11 is 0. The molecule has 0 spiro atoms. The highest BCUT2D eigenvalue weighted by atomic mass is 33.1. The van der Waals surface area contributed by atoms with Crippen molar-refractivity contribution in [3.63, 3.8) is 0 Å². The van der Waals surface area contributed by atoms with Crippen molar-refractivity contribution in [2.75, 3.05) is 65.4 Å². The summed E-state index contributed by atoms with van der Waals surface area (Å²) in [6.45, 7) is 2.74. The van der Waals surface area contributed by atoms with Crippen LogP contribution in [0.3, 0.4) is 0 Å². The van der Waals surface area contributed by atoms with Crippen LogP contribution in [0.4, 0.5) is 0 Å². The van der Waals surface area contributed by atoms with Gasteiger partial charge >= 0.3 is 0 Å². The van der Waals surface area contributed by atoms with Crippen LogP contribution in [0.15, 0.2) is 78.9 Å². The van der Waals surface area contributed by atoms with E-state index in [1.807, 2.05) is 88.3 Å². The molecule has 39 heavy (non-hydrogen) atoms. The highest BCUT2D eigenvalue weighted by Crippen LogP contribution is 2.47. The van der Waals surface area contributed by atoms with E-state index in [1.54, 1.807) is 14.2 Å². The van der Waals surface area contributed by atoms with E-state index in [2.05, 4.69) is 12.1 Å². The molecule has 0 amide bonds. The number of rotatable bonds is 20. The predicted octanol–water partition coefficient (Wildman–Crippen LogP) is 6.20. The van der Waals surface area contributed by atoms with Crippen molar-refractivity contribution in [3.8, 4) is 11.5 Å². The van der Waals surface area contributed by atoms with Gasteiger partial charge in [-0.15, -0.1) is 0 Å². The Morgan fingerprint density at radius 1 is 0.615 bits per heavy atom. The highest BCUT2D eigenvalue weighted by molar-refractivity contribution is 8.76. The van der Waals surface area contributed by atoms with Crippen LogP contribution in [-0.2, 0) is 19.8 Å². The van der Waals surface area contributed by atoms with E-state index >= 15 is 0 Å². The Labute approximate surface area is 240 Å². The molecule has 212 valence electrons. The number of ether oxygens (including phenoxy) is 5. The second kappa shape index (κ2) is 18.2. The third-order valence-corrected chi connectivity index (χ3v) is 8.63. The third-order valence-electron chi connectivity index (χ3n) is 6.05. The molecular weight excluding hydrogens is 532 g/mol. The molecule has 0 radical (unpaired) electrons. The van der Waals surface area contributed by atoms with E-state index in [0.717, 1.165) is 52.5 Å². The van der Waals surface area contributed by atoms with Gasteiger partial charge in [0.25, 0.3) is 0 Å². The summed E-state index contributed by atoms with van der Waals surface area (Å²) in [4.78, 5) is 0. The molecule has 3 aromatic carbocycles. The lowest BCUT2D eigenvalue weighted by molar-refractivity contribution is -0.0254. The molecule has 3 rings (SSSR count). The standard InChI is InChI=1S/C31H40O6S2/c1-33-29-16-8-6-14-27(29)31(26-12-4-3-5-13-26,28-15-7-9-17-30(28)34-2)37-23-22-36-20-11-25-39-38-24-10-19-35-21-18-32/h3-9,12-17,32H,10-11,18-25H2,1-2H3. The van der Waals surface area contributed by atoms with Gasteiger partial charge in [0, 0.05) is 35.8 Å². The SMILES string of the molecule is COc1ccccc1C(OCCOCCCSSCCCOCCO)(c1ccccc1)c1ccccc1OC. The Hall–Kier alpha value is -2.20. The molecule has 8 heteroatoms. The molecule has 0 fully saturated rings. The smallest absolute Gasteiger partial charge is 0.150 e. The van der Waals surface area contributed by atoms with Gasteiger partial charge in [-0.05, 0) is 30.5 Å². The minimum Gasteiger partial charge on any atom is -0.496 e. The highest BCUT2D eigenvalue weighted by Gasteiger charge is 2.42. The fraction of sp³-hybridized carbons (Fsp3) is 0.419. The maximum absolute atomic E-state index is 8.72. The predicted molar refractivity (Wildman–Crippen MR) is 161 cm³/mol. The lowest BCUT2D eigenvalue weighted by atomic mass is 9.79. The summed E-state index contributed by atoms with van der Waals surface area (Å²) in [5.74, 6) is 3.54. The monoisotopic (exact) mass is 572 g/mol. The van der Waals surface area contributed by atoms with E-state index < -0.39 is 5.60 Å². The summed E-state index contributed by atoms with van der Waals surface area (Å²) < 4.78 is 29.7. The number of aliphatic hydroxyl groups is 1. The van der Waals surface area contributed by atoms with Gasteiger partial charge in [-0.2, -0.15) is 0 Å². The molecule has 0 heterocycles. The molecule has 1 N–H and O–H groups in total. The van der Waals surface area contributed by atoms with Crippen LogP contribution < -0.4 is 9.47 Å². The first-order valence-electron chi connectivity index (χ1n) is 13.2. The fourth-order valence-electron chi connectivity index (χ4n) is 4.32. The minimum atomic E-state index is -0.961. The van der Waals surface area contributed by atoms with Crippen LogP contribution in [0.5, 0.6) is 11.5 Å². The Morgan fingerprint density at radius 3 is 1.67 bits per heavy atom. The second-order valence-electron chi connectivity index (χ2n) is 8.60. The quantitative estimate of drug-likeness (QED) is 0.0976. The molecule has 0 aliphatic carbocycles. The molecule has 6 nitrogen and oxygen atoms in total. The van der Waals surface area contributed by atoms with Crippen LogP contribution >= 0.6 is 21.6 Å². The van der Waals surface area contributed by atoms with Crippen molar-refractivity contribution >= 4 is 21.6 Å². The first kappa shape index (κ1) is 31.3.